The molecule has 0 amide bonds. The van der Waals surface area contributed by atoms with Gasteiger partial charge in [0.1, 0.15) is 0 Å². The van der Waals surface area contributed by atoms with Crippen LogP contribution in [-0.2, 0) is 0 Å². The van der Waals surface area contributed by atoms with Crippen LogP contribution in [0.5, 0.6) is 0 Å². The van der Waals surface area contributed by atoms with Gasteiger partial charge in [-0.3, -0.25) is 0 Å². The van der Waals surface area contributed by atoms with Gasteiger partial charge in [0.25, 0.3) is 0 Å². The summed E-state index contributed by atoms with van der Waals surface area (Å²) in [6.07, 6.45) is 5.13. The molecule has 21 heavy (non-hydrogen) atoms. The van der Waals surface area contributed by atoms with Crippen LogP contribution in [0.2, 0.25) is 0 Å². The second kappa shape index (κ2) is 7.46. The predicted molar refractivity (Wildman–Crippen MR) is 94.4 cm³/mol. The molecular weight excluding hydrogens is 256 g/mol. The molecule has 0 aromatic carbocycles. The Bertz CT molecular complexity index is 285. The Morgan fingerprint density at radius 1 is 1.05 bits per heavy atom. The van der Waals surface area contributed by atoms with Gasteiger partial charge >= 0.3 is 0 Å². The van der Waals surface area contributed by atoms with Crippen molar-refractivity contribution in [2.75, 3.05) is 13.1 Å². The highest BCUT2D eigenvalue weighted by atomic mass is 15.0. The number of hydrogen-bond donors (Lipinski definition) is 2. The fourth-order valence-corrected chi connectivity index (χ4v) is 4.07. The Labute approximate surface area is 133 Å². The SMILES string of the molecule is CC(C)C(CNC1(CN)CCC(C(C)(C)C)CC1)C(C)C. The van der Waals surface area contributed by atoms with Crippen molar-refractivity contribution in [3.05, 3.63) is 0 Å². The van der Waals surface area contributed by atoms with Crippen LogP contribution in [-0.4, -0.2) is 18.6 Å². The van der Waals surface area contributed by atoms with Crippen molar-refractivity contribution in [2.45, 2.75) is 79.7 Å². The molecule has 1 aliphatic carbocycles. The summed E-state index contributed by atoms with van der Waals surface area (Å²) in [5, 5.41) is 3.89. The first-order valence-corrected chi connectivity index (χ1v) is 9.06. The Morgan fingerprint density at radius 2 is 1.52 bits per heavy atom. The molecule has 3 N–H and O–H groups in total. The summed E-state index contributed by atoms with van der Waals surface area (Å²) in [5.74, 6) is 3.07. The predicted octanol–water partition coefficient (Wildman–Crippen LogP) is 4.44. The van der Waals surface area contributed by atoms with Gasteiger partial charge in [-0.05, 0) is 61.3 Å². The first-order valence-electron chi connectivity index (χ1n) is 9.06. The molecule has 0 aromatic rings. The summed E-state index contributed by atoms with van der Waals surface area (Å²) in [7, 11) is 0. The lowest BCUT2D eigenvalue weighted by atomic mass is 9.67. The van der Waals surface area contributed by atoms with Crippen molar-refractivity contribution >= 4 is 0 Å². The van der Waals surface area contributed by atoms with E-state index in [1.807, 2.05) is 0 Å². The Hall–Kier alpha value is -0.0800. The molecule has 0 atom stereocenters. The first kappa shape index (κ1) is 19.0. The first-order chi connectivity index (χ1) is 9.61. The van der Waals surface area contributed by atoms with E-state index in [1.165, 1.54) is 25.7 Å². The molecule has 0 bridgehead atoms. The summed E-state index contributed by atoms with van der Waals surface area (Å²) in [6, 6.07) is 0. The van der Waals surface area contributed by atoms with Gasteiger partial charge in [-0.15, -0.1) is 0 Å². The lowest BCUT2D eigenvalue weighted by molar-refractivity contribution is 0.109. The number of rotatable bonds is 6. The summed E-state index contributed by atoms with van der Waals surface area (Å²) < 4.78 is 0. The lowest BCUT2D eigenvalue weighted by Gasteiger charge is -2.45. The van der Waals surface area contributed by atoms with E-state index in [0.717, 1.165) is 36.8 Å². The monoisotopic (exact) mass is 296 g/mol. The summed E-state index contributed by atoms with van der Waals surface area (Å²) in [4.78, 5) is 0. The molecule has 0 aromatic heterocycles. The van der Waals surface area contributed by atoms with Crippen molar-refractivity contribution in [1.29, 1.82) is 0 Å². The summed E-state index contributed by atoms with van der Waals surface area (Å²) in [5.41, 5.74) is 6.81. The molecule has 126 valence electrons. The van der Waals surface area contributed by atoms with Gasteiger partial charge in [-0.2, -0.15) is 0 Å². The van der Waals surface area contributed by atoms with Gasteiger partial charge < -0.3 is 11.1 Å². The van der Waals surface area contributed by atoms with Crippen molar-refractivity contribution in [3.8, 4) is 0 Å². The zero-order valence-electron chi connectivity index (χ0n) is 15.6. The minimum Gasteiger partial charge on any atom is -0.329 e. The molecule has 0 spiro atoms. The topological polar surface area (TPSA) is 38.0 Å². The van der Waals surface area contributed by atoms with Crippen LogP contribution in [0.25, 0.3) is 0 Å². The van der Waals surface area contributed by atoms with Gasteiger partial charge in [0.2, 0.25) is 0 Å². The maximum Gasteiger partial charge on any atom is 0.0304 e. The van der Waals surface area contributed by atoms with Crippen LogP contribution in [0.15, 0.2) is 0 Å². The maximum atomic E-state index is 6.17. The highest BCUT2D eigenvalue weighted by Gasteiger charge is 2.38. The minimum absolute atomic E-state index is 0.198. The van der Waals surface area contributed by atoms with E-state index in [4.69, 9.17) is 5.73 Å². The molecule has 0 aliphatic heterocycles. The maximum absolute atomic E-state index is 6.17. The molecule has 0 saturated heterocycles. The van der Waals surface area contributed by atoms with Crippen molar-refractivity contribution in [1.82, 2.24) is 5.32 Å². The number of nitrogens with one attached hydrogen (secondary N) is 1. The molecular formula is C19H40N2. The fourth-order valence-electron chi connectivity index (χ4n) is 4.07. The third-order valence-electron chi connectivity index (χ3n) is 5.98. The van der Waals surface area contributed by atoms with Crippen LogP contribution in [0, 0.1) is 29.1 Å². The Morgan fingerprint density at radius 3 is 1.86 bits per heavy atom. The molecule has 0 radical (unpaired) electrons. The van der Waals surface area contributed by atoms with Gasteiger partial charge in [0, 0.05) is 12.1 Å². The Kier molecular flexibility index (Phi) is 6.74. The van der Waals surface area contributed by atoms with Crippen LogP contribution in [0.4, 0.5) is 0 Å². The second-order valence-corrected chi connectivity index (χ2v) is 9.16. The van der Waals surface area contributed by atoms with Crippen LogP contribution in [0.3, 0.4) is 0 Å². The van der Waals surface area contributed by atoms with Crippen molar-refractivity contribution in [3.63, 3.8) is 0 Å². The van der Waals surface area contributed by atoms with E-state index < -0.39 is 0 Å². The van der Waals surface area contributed by atoms with E-state index in [9.17, 15) is 0 Å². The zero-order chi connectivity index (χ0) is 16.3. The van der Waals surface area contributed by atoms with E-state index in [0.29, 0.717) is 5.41 Å². The minimum atomic E-state index is 0.198. The molecule has 1 aliphatic rings. The Balaban J connectivity index is 2.59. The van der Waals surface area contributed by atoms with Gasteiger partial charge in [0.05, 0.1) is 0 Å². The highest BCUT2D eigenvalue weighted by Crippen LogP contribution is 2.41. The zero-order valence-corrected chi connectivity index (χ0v) is 15.6. The van der Waals surface area contributed by atoms with Gasteiger partial charge in [-0.25, -0.2) is 0 Å². The summed E-state index contributed by atoms with van der Waals surface area (Å²) in [6.45, 7) is 18.4. The third-order valence-corrected chi connectivity index (χ3v) is 5.98. The van der Waals surface area contributed by atoms with E-state index >= 15 is 0 Å². The fraction of sp³-hybridized carbons (Fsp3) is 1.00. The van der Waals surface area contributed by atoms with Crippen molar-refractivity contribution in [2.24, 2.45) is 34.8 Å². The second-order valence-electron chi connectivity index (χ2n) is 9.16. The largest absolute Gasteiger partial charge is 0.329 e. The molecule has 2 nitrogen and oxygen atoms in total. The number of nitrogens with two attached hydrogens (primary N) is 1. The van der Waals surface area contributed by atoms with Crippen molar-refractivity contribution < 1.29 is 0 Å². The van der Waals surface area contributed by atoms with E-state index in [2.05, 4.69) is 53.8 Å². The molecule has 1 fully saturated rings. The van der Waals surface area contributed by atoms with Gasteiger partial charge in [0.15, 0.2) is 0 Å². The number of hydrogen-bond acceptors (Lipinski definition) is 2. The average Bonchev–Trinajstić information content (AvgIpc) is 2.37. The molecule has 1 rings (SSSR count). The average molecular weight is 297 g/mol. The molecule has 1 saturated carbocycles. The van der Waals surface area contributed by atoms with Gasteiger partial charge in [-0.1, -0.05) is 48.5 Å². The normalized spacial score (nSPS) is 27.9. The molecule has 0 unspecified atom stereocenters. The van der Waals surface area contributed by atoms with E-state index in [1.54, 1.807) is 0 Å². The quantitative estimate of drug-likeness (QED) is 0.760. The third kappa shape index (κ3) is 5.25. The van der Waals surface area contributed by atoms with Crippen LogP contribution >= 0.6 is 0 Å². The standard InChI is InChI=1S/C19H40N2/c1-14(2)17(15(3)4)12-21-19(13-20)10-8-16(9-11-19)18(5,6)7/h14-17,21H,8-13,20H2,1-7H3. The molecule has 0 heterocycles. The lowest BCUT2D eigenvalue weighted by Crippen LogP contribution is -2.55. The summed E-state index contributed by atoms with van der Waals surface area (Å²) >= 11 is 0. The smallest absolute Gasteiger partial charge is 0.0304 e. The van der Waals surface area contributed by atoms with E-state index in [-0.39, 0.29) is 5.54 Å². The highest BCUT2D eigenvalue weighted by molar-refractivity contribution is 4.96. The molecule has 2 heteroatoms. The van der Waals surface area contributed by atoms with Crippen LogP contribution in [0.1, 0.15) is 74.1 Å². The van der Waals surface area contributed by atoms with Crippen LogP contribution < -0.4 is 11.1 Å².